The molecule has 80 valence electrons. The molecule has 1 aromatic carbocycles. The molecule has 0 fully saturated rings. The molecule has 0 unspecified atom stereocenters. The second-order valence-electron chi connectivity index (χ2n) is 3.51. The van der Waals surface area contributed by atoms with Crippen molar-refractivity contribution in [2.45, 2.75) is 6.61 Å². The zero-order chi connectivity index (χ0) is 11.1. The number of carbonyl (C=O) groups is 1. The van der Waals surface area contributed by atoms with Gasteiger partial charge >= 0.3 is 5.97 Å². The summed E-state index contributed by atoms with van der Waals surface area (Å²) in [6.45, 7) is 0.305. The van der Waals surface area contributed by atoms with Crippen LogP contribution in [0.2, 0.25) is 5.02 Å². The second-order valence-corrected chi connectivity index (χ2v) is 3.92. The number of ether oxygens (including phenoxy) is 1. The number of carbonyl (C=O) groups excluding carboxylic acids is 1. The van der Waals surface area contributed by atoms with Gasteiger partial charge in [0.1, 0.15) is 12.4 Å². The van der Waals surface area contributed by atoms with Crippen LogP contribution in [0.5, 0.6) is 0 Å². The summed E-state index contributed by atoms with van der Waals surface area (Å²) in [6.07, 6.45) is 1.55. The Balaban J connectivity index is 2.32. The van der Waals surface area contributed by atoms with Gasteiger partial charge in [0.15, 0.2) is 0 Å². The number of furan rings is 1. The smallest absolute Gasteiger partial charge is 0.339 e. The molecular weight excluding hydrogens is 228 g/mol. The molecule has 0 saturated heterocycles. The minimum atomic E-state index is -0.344. The number of esters is 1. The summed E-state index contributed by atoms with van der Waals surface area (Å²) in [7, 11) is 0. The zero-order valence-electron chi connectivity index (χ0n) is 8.20. The average molecular weight is 235 g/mol. The van der Waals surface area contributed by atoms with E-state index in [0.29, 0.717) is 28.5 Å². The van der Waals surface area contributed by atoms with E-state index in [1.807, 2.05) is 0 Å². The summed E-state index contributed by atoms with van der Waals surface area (Å²) in [5.41, 5.74) is 1.98. The summed E-state index contributed by atoms with van der Waals surface area (Å²) in [4.78, 5) is 11.6. The standard InChI is InChI=1S/C12H7ClO3/c13-8-4-3-7-6-16-12(14)10(7)11(8)9-2-1-5-15-9/h1-5H,6H2. The Bertz CT molecular complexity index is 558. The highest BCUT2D eigenvalue weighted by Gasteiger charge is 2.28. The molecule has 1 aliphatic rings. The van der Waals surface area contributed by atoms with Crippen molar-refractivity contribution in [3.05, 3.63) is 46.7 Å². The van der Waals surface area contributed by atoms with Gasteiger partial charge in [-0.1, -0.05) is 17.7 Å². The lowest BCUT2D eigenvalue weighted by atomic mass is 10.0. The van der Waals surface area contributed by atoms with Crippen LogP contribution >= 0.6 is 11.6 Å². The molecule has 16 heavy (non-hydrogen) atoms. The van der Waals surface area contributed by atoms with E-state index in [0.717, 1.165) is 5.56 Å². The predicted octanol–water partition coefficient (Wildman–Crippen LogP) is 3.27. The predicted molar refractivity (Wildman–Crippen MR) is 58.3 cm³/mol. The van der Waals surface area contributed by atoms with Gasteiger partial charge < -0.3 is 9.15 Å². The van der Waals surface area contributed by atoms with Gasteiger partial charge in [0.05, 0.1) is 22.4 Å². The highest BCUT2D eigenvalue weighted by atomic mass is 35.5. The summed E-state index contributed by atoms with van der Waals surface area (Å²) in [5.74, 6) is 0.240. The fraction of sp³-hybridized carbons (Fsp3) is 0.0833. The van der Waals surface area contributed by atoms with Gasteiger partial charge in [0.2, 0.25) is 0 Å². The number of cyclic esters (lactones) is 1. The monoisotopic (exact) mass is 234 g/mol. The molecule has 1 aromatic heterocycles. The maximum absolute atomic E-state index is 11.6. The van der Waals surface area contributed by atoms with Crippen molar-refractivity contribution < 1.29 is 13.9 Å². The highest BCUT2D eigenvalue weighted by molar-refractivity contribution is 6.34. The van der Waals surface area contributed by atoms with E-state index < -0.39 is 0 Å². The quantitative estimate of drug-likeness (QED) is 0.711. The first-order valence-electron chi connectivity index (χ1n) is 4.80. The third kappa shape index (κ3) is 1.25. The SMILES string of the molecule is O=C1OCc2ccc(Cl)c(-c3ccco3)c21. The molecule has 2 aromatic rings. The molecule has 0 N–H and O–H groups in total. The maximum Gasteiger partial charge on any atom is 0.339 e. The fourth-order valence-electron chi connectivity index (χ4n) is 1.85. The number of hydrogen-bond donors (Lipinski definition) is 0. The van der Waals surface area contributed by atoms with Gasteiger partial charge in [0.25, 0.3) is 0 Å². The van der Waals surface area contributed by atoms with E-state index in [2.05, 4.69) is 0 Å². The van der Waals surface area contributed by atoms with Crippen molar-refractivity contribution in [2.75, 3.05) is 0 Å². The van der Waals surface area contributed by atoms with Gasteiger partial charge in [-0.3, -0.25) is 0 Å². The Labute approximate surface area is 96.6 Å². The molecular formula is C12H7ClO3. The Morgan fingerprint density at radius 3 is 2.81 bits per heavy atom. The highest BCUT2D eigenvalue weighted by Crippen LogP contribution is 2.36. The Kier molecular flexibility index (Phi) is 2.01. The Hall–Kier alpha value is -1.74. The Morgan fingerprint density at radius 1 is 1.19 bits per heavy atom. The molecule has 3 nitrogen and oxygen atoms in total. The van der Waals surface area contributed by atoms with Crippen LogP contribution in [0.1, 0.15) is 15.9 Å². The van der Waals surface area contributed by atoms with Crippen LogP contribution < -0.4 is 0 Å². The van der Waals surface area contributed by atoms with Gasteiger partial charge in [-0.25, -0.2) is 4.79 Å². The minimum absolute atomic E-state index is 0.305. The number of hydrogen-bond acceptors (Lipinski definition) is 3. The molecule has 0 amide bonds. The van der Waals surface area contributed by atoms with Crippen LogP contribution in [0.25, 0.3) is 11.3 Å². The number of halogens is 1. The summed E-state index contributed by atoms with van der Waals surface area (Å²) >= 11 is 6.10. The normalized spacial score (nSPS) is 13.7. The van der Waals surface area contributed by atoms with E-state index in [9.17, 15) is 4.79 Å². The average Bonchev–Trinajstić information content (AvgIpc) is 2.89. The van der Waals surface area contributed by atoms with Crippen LogP contribution in [-0.2, 0) is 11.3 Å². The van der Waals surface area contributed by atoms with Crippen molar-refractivity contribution in [3.8, 4) is 11.3 Å². The molecule has 0 bridgehead atoms. The first kappa shape index (κ1) is 9.48. The van der Waals surface area contributed by atoms with Gasteiger partial charge in [-0.15, -0.1) is 0 Å². The van der Waals surface area contributed by atoms with Gasteiger partial charge in [0, 0.05) is 5.56 Å². The summed E-state index contributed by atoms with van der Waals surface area (Å²) < 4.78 is 10.3. The van der Waals surface area contributed by atoms with Crippen molar-refractivity contribution >= 4 is 17.6 Å². The maximum atomic E-state index is 11.6. The second kappa shape index (κ2) is 3.39. The molecule has 2 heterocycles. The zero-order valence-corrected chi connectivity index (χ0v) is 8.95. The van der Waals surface area contributed by atoms with Gasteiger partial charge in [-0.05, 0) is 18.2 Å². The largest absolute Gasteiger partial charge is 0.464 e. The van der Waals surface area contributed by atoms with Crippen molar-refractivity contribution in [1.82, 2.24) is 0 Å². The summed E-state index contributed by atoms with van der Waals surface area (Å²) in [5, 5.41) is 0.493. The van der Waals surface area contributed by atoms with Crippen molar-refractivity contribution in [2.24, 2.45) is 0 Å². The minimum Gasteiger partial charge on any atom is -0.464 e. The lowest BCUT2D eigenvalue weighted by molar-refractivity contribution is 0.0535. The van der Waals surface area contributed by atoms with Gasteiger partial charge in [-0.2, -0.15) is 0 Å². The van der Waals surface area contributed by atoms with E-state index in [4.69, 9.17) is 20.8 Å². The number of rotatable bonds is 1. The lowest BCUT2D eigenvalue weighted by Gasteiger charge is -2.04. The molecule has 4 heteroatoms. The topological polar surface area (TPSA) is 39.4 Å². The summed E-state index contributed by atoms with van der Waals surface area (Å²) in [6, 6.07) is 7.08. The Morgan fingerprint density at radius 2 is 2.06 bits per heavy atom. The number of fused-ring (bicyclic) bond motifs is 1. The van der Waals surface area contributed by atoms with Crippen LogP contribution in [0.4, 0.5) is 0 Å². The van der Waals surface area contributed by atoms with Crippen LogP contribution in [0.15, 0.2) is 34.9 Å². The molecule has 1 aliphatic heterocycles. The molecule has 0 spiro atoms. The molecule has 3 rings (SSSR count). The fourth-order valence-corrected chi connectivity index (χ4v) is 2.10. The molecule has 0 aliphatic carbocycles. The number of benzene rings is 1. The third-order valence-electron chi connectivity index (χ3n) is 2.57. The molecule has 0 radical (unpaired) electrons. The van der Waals surface area contributed by atoms with E-state index in [1.54, 1.807) is 30.5 Å². The van der Waals surface area contributed by atoms with E-state index in [-0.39, 0.29) is 5.97 Å². The van der Waals surface area contributed by atoms with Crippen LogP contribution in [0, 0.1) is 0 Å². The van der Waals surface area contributed by atoms with E-state index >= 15 is 0 Å². The third-order valence-corrected chi connectivity index (χ3v) is 2.89. The van der Waals surface area contributed by atoms with Crippen molar-refractivity contribution in [1.29, 1.82) is 0 Å². The molecule has 0 atom stereocenters. The van der Waals surface area contributed by atoms with E-state index in [1.165, 1.54) is 0 Å². The lowest BCUT2D eigenvalue weighted by Crippen LogP contribution is -1.97. The van der Waals surface area contributed by atoms with Crippen LogP contribution in [-0.4, -0.2) is 5.97 Å². The first-order chi connectivity index (χ1) is 7.77. The van der Waals surface area contributed by atoms with Crippen molar-refractivity contribution in [3.63, 3.8) is 0 Å². The first-order valence-corrected chi connectivity index (χ1v) is 5.17. The molecule has 0 saturated carbocycles. The van der Waals surface area contributed by atoms with Crippen LogP contribution in [0.3, 0.4) is 0 Å².